The summed E-state index contributed by atoms with van der Waals surface area (Å²) in [5.41, 5.74) is 7.33. The number of hydrogen-bond donors (Lipinski definition) is 1. The van der Waals surface area contributed by atoms with E-state index in [1.54, 1.807) is 12.3 Å². The third kappa shape index (κ3) is 2.42. The van der Waals surface area contributed by atoms with E-state index in [0.29, 0.717) is 18.0 Å². The summed E-state index contributed by atoms with van der Waals surface area (Å²) < 4.78 is 0. The molecule has 3 rings (SSSR count). The van der Waals surface area contributed by atoms with Crippen molar-refractivity contribution >= 4 is 22.3 Å². The summed E-state index contributed by atoms with van der Waals surface area (Å²) >= 11 is 0. The SMILES string of the molecule is CN(c1ccnc2c([N+](=O)[O-])cccc12)C(CN)C1CC1. The third-order valence-corrected chi connectivity index (χ3v) is 4.21. The van der Waals surface area contributed by atoms with Gasteiger partial charge in [-0.1, -0.05) is 12.1 Å². The molecule has 0 spiro atoms. The van der Waals surface area contributed by atoms with Crippen molar-refractivity contribution in [2.24, 2.45) is 11.7 Å². The second-order valence-corrected chi connectivity index (χ2v) is 5.51. The number of nitrogens with zero attached hydrogens (tertiary/aromatic N) is 3. The minimum Gasteiger partial charge on any atom is -0.369 e. The molecule has 2 aromatic rings. The van der Waals surface area contributed by atoms with Crippen LogP contribution in [0.2, 0.25) is 0 Å². The summed E-state index contributed by atoms with van der Waals surface area (Å²) in [5.74, 6) is 0.627. The van der Waals surface area contributed by atoms with Gasteiger partial charge in [0.15, 0.2) is 0 Å². The lowest BCUT2D eigenvalue weighted by Gasteiger charge is -2.30. The number of nitro groups is 1. The van der Waals surface area contributed by atoms with Gasteiger partial charge in [-0.25, -0.2) is 4.98 Å². The van der Waals surface area contributed by atoms with Gasteiger partial charge in [-0.3, -0.25) is 10.1 Å². The molecule has 6 heteroatoms. The number of nitro benzene ring substituents is 1. The topological polar surface area (TPSA) is 85.3 Å². The van der Waals surface area contributed by atoms with Crippen LogP contribution in [0.15, 0.2) is 30.5 Å². The summed E-state index contributed by atoms with van der Waals surface area (Å²) in [7, 11) is 2.00. The Hall–Kier alpha value is -2.21. The van der Waals surface area contributed by atoms with Gasteiger partial charge in [0.1, 0.15) is 5.52 Å². The first-order valence-corrected chi connectivity index (χ1v) is 7.08. The number of fused-ring (bicyclic) bond motifs is 1. The molecule has 0 saturated heterocycles. The van der Waals surface area contributed by atoms with Gasteiger partial charge in [-0.15, -0.1) is 0 Å². The molecule has 1 saturated carbocycles. The maximum Gasteiger partial charge on any atom is 0.295 e. The lowest BCUT2D eigenvalue weighted by atomic mass is 10.1. The predicted molar refractivity (Wildman–Crippen MR) is 82.4 cm³/mol. The number of aromatic nitrogens is 1. The van der Waals surface area contributed by atoms with E-state index in [9.17, 15) is 10.1 Å². The molecule has 2 N–H and O–H groups in total. The molecule has 1 aromatic heterocycles. The van der Waals surface area contributed by atoms with E-state index in [1.807, 2.05) is 19.2 Å². The van der Waals surface area contributed by atoms with Crippen molar-refractivity contribution in [1.29, 1.82) is 0 Å². The molecule has 6 nitrogen and oxygen atoms in total. The monoisotopic (exact) mass is 286 g/mol. The molecule has 1 aliphatic carbocycles. The Balaban J connectivity index is 2.10. The second kappa shape index (κ2) is 5.29. The molecular weight excluding hydrogens is 268 g/mol. The molecule has 1 fully saturated rings. The zero-order valence-corrected chi connectivity index (χ0v) is 11.9. The smallest absolute Gasteiger partial charge is 0.295 e. The van der Waals surface area contributed by atoms with E-state index in [1.165, 1.54) is 18.9 Å². The van der Waals surface area contributed by atoms with E-state index in [2.05, 4.69) is 9.88 Å². The fraction of sp³-hybridized carbons (Fsp3) is 0.400. The van der Waals surface area contributed by atoms with Crippen LogP contribution in [0.5, 0.6) is 0 Å². The van der Waals surface area contributed by atoms with Gasteiger partial charge >= 0.3 is 0 Å². The van der Waals surface area contributed by atoms with Crippen molar-refractivity contribution in [1.82, 2.24) is 4.98 Å². The van der Waals surface area contributed by atoms with Crippen LogP contribution in [0.1, 0.15) is 12.8 Å². The molecule has 0 aliphatic heterocycles. The number of rotatable bonds is 5. The zero-order valence-electron chi connectivity index (χ0n) is 11.9. The molecule has 1 aromatic carbocycles. The van der Waals surface area contributed by atoms with E-state index in [-0.39, 0.29) is 16.7 Å². The molecular formula is C15H18N4O2. The van der Waals surface area contributed by atoms with Crippen LogP contribution >= 0.6 is 0 Å². The molecule has 0 radical (unpaired) electrons. The largest absolute Gasteiger partial charge is 0.369 e. The van der Waals surface area contributed by atoms with Gasteiger partial charge in [0.2, 0.25) is 0 Å². The number of benzene rings is 1. The van der Waals surface area contributed by atoms with E-state index < -0.39 is 0 Å². The number of nitrogens with two attached hydrogens (primary N) is 1. The van der Waals surface area contributed by atoms with Gasteiger partial charge in [0.25, 0.3) is 5.69 Å². The summed E-state index contributed by atoms with van der Waals surface area (Å²) in [5, 5.41) is 11.9. The van der Waals surface area contributed by atoms with Crippen LogP contribution in [-0.4, -0.2) is 29.5 Å². The van der Waals surface area contributed by atoms with E-state index in [4.69, 9.17) is 5.73 Å². The number of anilines is 1. The summed E-state index contributed by atoms with van der Waals surface area (Å²) in [6, 6.07) is 7.24. The fourth-order valence-corrected chi connectivity index (χ4v) is 2.93. The van der Waals surface area contributed by atoms with Crippen molar-refractivity contribution in [3.63, 3.8) is 0 Å². The number of hydrogen-bond acceptors (Lipinski definition) is 5. The Labute approximate surface area is 122 Å². The molecule has 1 atom stereocenters. The van der Waals surface area contributed by atoms with Crippen molar-refractivity contribution in [2.45, 2.75) is 18.9 Å². The van der Waals surface area contributed by atoms with Crippen molar-refractivity contribution < 1.29 is 4.92 Å². The Morgan fingerprint density at radius 2 is 2.24 bits per heavy atom. The maximum absolute atomic E-state index is 11.1. The van der Waals surface area contributed by atoms with Crippen LogP contribution in [0.4, 0.5) is 11.4 Å². The van der Waals surface area contributed by atoms with Crippen molar-refractivity contribution in [2.75, 3.05) is 18.5 Å². The maximum atomic E-state index is 11.1. The Kier molecular flexibility index (Phi) is 3.47. The van der Waals surface area contributed by atoms with Crippen LogP contribution in [0.25, 0.3) is 10.9 Å². The fourth-order valence-electron chi connectivity index (χ4n) is 2.93. The molecule has 1 unspecified atom stereocenters. The molecule has 110 valence electrons. The Morgan fingerprint density at radius 1 is 1.48 bits per heavy atom. The van der Waals surface area contributed by atoms with Crippen molar-refractivity contribution in [3.8, 4) is 0 Å². The highest BCUT2D eigenvalue weighted by Gasteiger charge is 2.33. The van der Waals surface area contributed by atoms with Gasteiger partial charge in [-0.05, 0) is 24.8 Å². The van der Waals surface area contributed by atoms with E-state index in [0.717, 1.165) is 11.1 Å². The first kappa shape index (κ1) is 13.8. The average Bonchev–Trinajstić information content (AvgIpc) is 3.31. The number of pyridine rings is 1. The minimum absolute atomic E-state index is 0.0403. The molecule has 0 amide bonds. The first-order chi connectivity index (χ1) is 10.1. The van der Waals surface area contributed by atoms with Gasteiger partial charge in [0.05, 0.1) is 4.92 Å². The van der Waals surface area contributed by atoms with E-state index >= 15 is 0 Å². The highest BCUT2D eigenvalue weighted by molar-refractivity contribution is 5.96. The normalized spacial score (nSPS) is 15.9. The van der Waals surface area contributed by atoms with Crippen LogP contribution in [0.3, 0.4) is 0 Å². The molecule has 1 heterocycles. The van der Waals surface area contributed by atoms with Crippen LogP contribution in [0, 0.1) is 16.0 Å². The molecule has 21 heavy (non-hydrogen) atoms. The Morgan fingerprint density at radius 3 is 2.86 bits per heavy atom. The summed E-state index contributed by atoms with van der Waals surface area (Å²) in [4.78, 5) is 17.1. The highest BCUT2D eigenvalue weighted by Crippen LogP contribution is 2.38. The Bertz CT molecular complexity index is 684. The van der Waals surface area contributed by atoms with Crippen molar-refractivity contribution in [3.05, 3.63) is 40.6 Å². The number of likely N-dealkylation sites (N-methyl/N-ethyl adjacent to an activating group) is 1. The third-order valence-electron chi connectivity index (χ3n) is 4.21. The van der Waals surface area contributed by atoms with Gasteiger partial charge in [0, 0.05) is 43.0 Å². The summed E-state index contributed by atoms with van der Waals surface area (Å²) in [6.45, 7) is 0.583. The van der Waals surface area contributed by atoms with Gasteiger partial charge < -0.3 is 10.6 Å². The number of non-ortho nitro benzene ring substituents is 1. The predicted octanol–water partition coefficient (Wildman–Crippen LogP) is 2.32. The molecule has 0 bridgehead atoms. The number of para-hydroxylation sites is 1. The highest BCUT2D eigenvalue weighted by atomic mass is 16.6. The zero-order chi connectivity index (χ0) is 15.0. The van der Waals surface area contributed by atoms with Gasteiger partial charge in [-0.2, -0.15) is 0 Å². The van der Waals surface area contributed by atoms with Crippen LogP contribution in [-0.2, 0) is 0 Å². The lowest BCUT2D eigenvalue weighted by Crippen LogP contribution is -2.39. The average molecular weight is 286 g/mol. The summed E-state index contributed by atoms with van der Waals surface area (Å²) in [6.07, 6.45) is 4.03. The standard InChI is InChI=1S/C15H18N4O2/c1-18(14(9-16)10-5-6-10)12-7-8-17-15-11(12)3-2-4-13(15)19(20)21/h2-4,7-8,10,14H,5-6,9,16H2,1H3. The minimum atomic E-state index is -0.388. The first-order valence-electron chi connectivity index (χ1n) is 7.08. The molecule has 1 aliphatic rings. The van der Waals surface area contributed by atoms with Crippen LogP contribution < -0.4 is 10.6 Å². The second-order valence-electron chi connectivity index (χ2n) is 5.51. The lowest BCUT2D eigenvalue weighted by molar-refractivity contribution is -0.383. The quantitative estimate of drug-likeness (QED) is 0.673.